The number of nitrogens with zero attached hydrogens (tertiary/aromatic N) is 5. The Labute approximate surface area is 141 Å². The van der Waals surface area contributed by atoms with E-state index in [-0.39, 0.29) is 0 Å². The number of hydrogen-bond donors (Lipinski definition) is 0. The molecule has 1 saturated carbocycles. The van der Waals surface area contributed by atoms with E-state index in [2.05, 4.69) is 30.9 Å². The molecule has 0 bridgehead atoms. The fourth-order valence-electron chi connectivity index (χ4n) is 3.40. The van der Waals surface area contributed by atoms with Crippen LogP contribution in [-0.2, 0) is 13.0 Å². The predicted molar refractivity (Wildman–Crippen MR) is 89.3 cm³/mol. The summed E-state index contributed by atoms with van der Waals surface area (Å²) in [5.74, 6) is 2.99. The van der Waals surface area contributed by atoms with E-state index < -0.39 is 0 Å². The molecule has 0 aliphatic heterocycles. The first-order chi connectivity index (χ1) is 11.9. The van der Waals surface area contributed by atoms with Crippen LogP contribution in [0.25, 0.3) is 11.5 Å². The smallest absolute Gasteiger partial charge is 0.228 e. The summed E-state index contributed by atoms with van der Waals surface area (Å²) < 4.78 is 7.60. The molecule has 3 aromatic heterocycles. The lowest BCUT2D eigenvalue weighted by molar-refractivity contribution is 0.367. The van der Waals surface area contributed by atoms with E-state index in [0.29, 0.717) is 24.1 Å². The van der Waals surface area contributed by atoms with Gasteiger partial charge in [-0.15, -0.1) is 0 Å². The van der Waals surface area contributed by atoms with Gasteiger partial charge in [0, 0.05) is 37.5 Å². The maximum atomic E-state index is 5.37. The molecule has 0 radical (unpaired) electrons. The van der Waals surface area contributed by atoms with Gasteiger partial charge in [-0.1, -0.05) is 30.5 Å². The van der Waals surface area contributed by atoms with Gasteiger partial charge in [-0.2, -0.15) is 4.98 Å². The fourth-order valence-corrected chi connectivity index (χ4v) is 3.40. The highest BCUT2D eigenvalue weighted by Crippen LogP contribution is 2.31. The lowest BCUT2D eigenvalue weighted by Crippen LogP contribution is -2.13. The van der Waals surface area contributed by atoms with Crippen molar-refractivity contribution in [1.82, 2.24) is 24.7 Å². The molecule has 6 heteroatoms. The summed E-state index contributed by atoms with van der Waals surface area (Å²) in [6.45, 7) is 0.815. The first kappa shape index (κ1) is 15.1. The average Bonchev–Trinajstić information content (AvgIpc) is 3.31. The SMILES string of the molecule is c1ccc(-c2noc(CCn3ccnc3C3CCCCC3)n2)nc1. The molecule has 6 nitrogen and oxygen atoms in total. The van der Waals surface area contributed by atoms with Gasteiger partial charge in [0.05, 0.1) is 0 Å². The van der Waals surface area contributed by atoms with E-state index in [1.807, 2.05) is 24.4 Å². The van der Waals surface area contributed by atoms with Crippen LogP contribution in [0.1, 0.15) is 49.7 Å². The summed E-state index contributed by atoms with van der Waals surface area (Å²) in [6, 6.07) is 5.67. The molecule has 0 amide bonds. The van der Waals surface area contributed by atoms with E-state index in [1.54, 1.807) is 6.20 Å². The van der Waals surface area contributed by atoms with E-state index in [4.69, 9.17) is 4.52 Å². The van der Waals surface area contributed by atoms with Crippen molar-refractivity contribution in [2.24, 2.45) is 0 Å². The molecule has 0 N–H and O–H groups in total. The summed E-state index contributed by atoms with van der Waals surface area (Å²) in [4.78, 5) is 13.3. The summed E-state index contributed by atoms with van der Waals surface area (Å²) in [7, 11) is 0. The normalized spacial score (nSPS) is 15.7. The highest BCUT2D eigenvalue weighted by Gasteiger charge is 2.20. The molecular weight excluding hydrogens is 302 g/mol. The van der Waals surface area contributed by atoms with Crippen LogP contribution in [0.5, 0.6) is 0 Å². The summed E-state index contributed by atoms with van der Waals surface area (Å²) in [6.07, 6.45) is 12.9. The Kier molecular flexibility index (Phi) is 4.36. The molecule has 24 heavy (non-hydrogen) atoms. The molecular formula is C18H21N5O. The molecule has 0 atom stereocenters. The first-order valence-corrected chi connectivity index (χ1v) is 8.65. The van der Waals surface area contributed by atoms with Crippen LogP contribution in [0.3, 0.4) is 0 Å². The van der Waals surface area contributed by atoms with E-state index in [0.717, 1.165) is 12.2 Å². The maximum absolute atomic E-state index is 5.37. The Bertz CT molecular complexity index is 774. The average molecular weight is 323 g/mol. The van der Waals surface area contributed by atoms with Crippen molar-refractivity contribution in [1.29, 1.82) is 0 Å². The maximum Gasteiger partial charge on any atom is 0.228 e. The van der Waals surface area contributed by atoms with Crippen LogP contribution in [0.4, 0.5) is 0 Å². The Balaban J connectivity index is 1.43. The number of pyridine rings is 1. The zero-order valence-electron chi connectivity index (χ0n) is 13.6. The zero-order chi connectivity index (χ0) is 16.2. The van der Waals surface area contributed by atoms with Crippen LogP contribution in [-0.4, -0.2) is 24.7 Å². The molecule has 1 fully saturated rings. The van der Waals surface area contributed by atoms with Gasteiger partial charge in [0.25, 0.3) is 0 Å². The molecule has 3 aromatic rings. The second kappa shape index (κ2) is 6.95. The number of aromatic nitrogens is 5. The van der Waals surface area contributed by atoms with Gasteiger partial charge >= 0.3 is 0 Å². The Morgan fingerprint density at radius 2 is 2.00 bits per heavy atom. The van der Waals surface area contributed by atoms with E-state index in [1.165, 1.54) is 37.9 Å². The van der Waals surface area contributed by atoms with Gasteiger partial charge in [0.1, 0.15) is 11.5 Å². The van der Waals surface area contributed by atoms with Crippen molar-refractivity contribution in [3.63, 3.8) is 0 Å². The quantitative estimate of drug-likeness (QED) is 0.717. The standard InChI is InChI=1S/C18H21N5O/c1-2-6-14(7-3-1)18-20-11-13-23(18)12-9-16-21-17(22-24-16)15-8-4-5-10-19-15/h4-5,8,10-11,13-14H,1-3,6-7,9,12H2. The van der Waals surface area contributed by atoms with Gasteiger partial charge in [-0.05, 0) is 25.0 Å². The minimum atomic E-state index is 0.545. The van der Waals surface area contributed by atoms with Crippen molar-refractivity contribution < 1.29 is 4.52 Å². The molecule has 124 valence electrons. The predicted octanol–water partition coefficient (Wildman–Crippen LogP) is 3.62. The molecule has 1 aliphatic carbocycles. The summed E-state index contributed by atoms with van der Waals surface area (Å²) >= 11 is 0. The second-order valence-electron chi connectivity index (χ2n) is 6.29. The Morgan fingerprint density at radius 3 is 2.83 bits per heavy atom. The van der Waals surface area contributed by atoms with E-state index >= 15 is 0 Å². The van der Waals surface area contributed by atoms with Crippen molar-refractivity contribution in [3.05, 3.63) is 48.5 Å². The topological polar surface area (TPSA) is 69.6 Å². The van der Waals surface area contributed by atoms with Gasteiger partial charge in [0.15, 0.2) is 0 Å². The zero-order valence-corrected chi connectivity index (χ0v) is 13.6. The molecule has 0 aromatic carbocycles. The highest BCUT2D eigenvalue weighted by atomic mass is 16.5. The Morgan fingerprint density at radius 1 is 1.08 bits per heavy atom. The Hall–Kier alpha value is -2.50. The van der Waals surface area contributed by atoms with Crippen molar-refractivity contribution in [2.45, 2.75) is 51.0 Å². The van der Waals surface area contributed by atoms with Gasteiger partial charge in [-0.25, -0.2) is 4.98 Å². The number of imidazole rings is 1. The second-order valence-corrected chi connectivity index (χ2v) is 6.29. The van der Waals surface area contributed by atoms with Crippen LogP contribution in [0.2, 0.25) is 0 Å². The minimum Gasteiger partial charge on any atom is -0.339 e. The molecule has 0 saturated heterocycles. The first-order valence-electron chi connectivity index (χ1n) is 8.65. The fraction of sp³-hybridized carbons (Fsp3) is 0.444. The minimum absolute atomic E-state index is 0.545. The number of hydrogen-bond acceptors (Lipinski definition) is 5. The molecule has 1 aliphatic rings. The summed E-state index contributed by atoms with van der Waals surface area (Å²) in [5.41, 5.74) is 0.734. The van der Waals surface area contributed by atoms with Gasteiger partial charge in [0.2, 0.25) is 11.7 Å². The lowest BCUT2D eigenvalue weighted by atomic mass is 9.88. The largest absolute Gasteiger partial charge is 0.339 e. The van der Waals surface area contributed by atoms with Gasteiger partial charge in [-0.3, -0.25) is 4.98 Å². The molecule has 4 rings (SSSR count). The van der Waals surface area contributed by atoms with Crippen molar-refractivity contribution in [2.75, 3.05) is 0 Å². The highest BCUT2D eigenvalue weighted by molar-refractivity contribution is 5.46. The summed E-state index contributed by atoms with van der Waals surface area (Å²) in [5, 5.41) is 4.03. The third-order valence-corrected chi connectivity index (χ3v) is 4.65. The van der Waals surface area contributed by atoms with Crippen LogP contribution in [0.15, 0.2) is 41.3 Å². The van der Waals surface area contributed by atoms with Crippen LogP contribution >= 0.6 is 0 Å². The molecule has 3 heterocycles. The van der Waals surface area contributed by atoms with Crippen LogP contribution < -0.4 is 0 Å². The number of aryl methyl sites for hydroxylation is 2. The molecule has 0 unspecified atom stereocenters. The van der Waals surface area contributed by atoms with Gasteiger partial charge < -0.3 is 9.09 Å². The van der Waals surface area contributed by atoms with Crippen molar-refractivity contribution in [3.8, 4) is 11.5 Å². The van der Waals surface area contributed by atoms with Crippen molar-refractivity contribution >= 4 is 0 Å². The molecule has 0 spiro atoms. The third-order valence-electron chi connectivity index (χ3n) is 4.65. The van der Waals surface area contributed by atoms with Crippen LogP contribution in [0, 0.1) is 0 Å². The lowest BCUT2D eigenvalue weighted by Gasteiger charge is -2.21. The number of rotatable bonds is 5. The monoisotopic (exact) mass is 323 g/mol. The van der Waals surface area contributed by atoms with E-state index in [9.17, 15) is 0 Å². The third kappa shape index (κ3) is 3.22.